The Hall–Kier alpha value is -1.30. The number of urea groups is 1. The maximum absolute atomic E-state index is 11.9. The highest BCUT2D eigenvalue weighted by Crippen LogP contribution is 2.28. The van der Waals surface area contributed by atoms with Crippen molar-refractivity contribution in [1.82, 2.24) is 15.1 Å². The maximum Gasteiger partial charge on any atom is 0.317 e. The van der Waals surface area contributed by atoms with Crippen LogP contribution in [0.3, 0.4) is 0 Å². The van der Waals surface area contributed by atoms with Crippen LogP contribution in [0.1, 0.15) is 25.7 Å². The standard InChI is InChI=1S/C13H23N3O3/c17-12(18)10-15-6-8-16(9-7-15)13(19)14-5-4-11-2-1-3-11/h11H,1-10H2,(H,14,19)(H,17,18). The summed E-state index contributed by atoms with van der Waals surface area (Å²) in [5, 5.41) is 11.7. The van der Waals surface area contributed by atoms with E-state index in [1.54, 1.807) is 4.90 Å². The van der Waals surface area contributed by atoms with Crippen LogP contribution in [0.25, 0.3) is 0 Å². The van der Waals surface area contributed by atoms with Crippen LogP contribution in [0.5, 0.6) is 0 Å². The Morgan fingerprint density at radius 1 is 1.16 bits per heavy atom. The van der Waals surface area contributed by atoms with E-state index in [2.05, 4.69) is 5.32 Å². The summed E-state index contributed by atoms with van der Waals surface area (Å²) >= 11 is 0. The number of amides is 2. The lowest BCUT2D eigenvalue weighted by atomic mass is 9.83. The molecule has 0 aromatic carbocycles. The SMILES string of the molecule is O=C(O)CN1CCN(C(=O)NCCC2CCC2)CC1. The molecule has 0 atom stereocenters. The topological polar surface area (TPSA) is 72.9 Å². The first-order valence-electron chi connectivity index (χ1n) is 7.12. The lowest BCUT2D eigenvalue weighted by Crippen LogP contribution is -2.52. The average molecular weight is 269 g/mol. The number of carbonyl (C=O) groups is 2. The summed E-state index contributed by atoms with van der Waals surface area (Å²) in [5.74, 6) is 0.00566. The summed E-state index contributed by atoms with van der Waals surface area (Å²) in [5.41, 5.74) is 0. The molecule has 0 unspecified atom stereocenters. The summed E-state index contributed by atoms with van der Waals surface area (Å²) in [7, 11) is 0. The summed E-state index contributed by atoms with van der Waals surface area (Å²) in [4.78, 5) is 26.1. The highest BCUT2D eigenvalue weighted by atomic mass is 16.4. The van der Waals surface area contributed by atoms with Gasteiger partial charge in [-0.3, -0.25) is 9.69 Å². The lowest BCUT2D eigenvalue weighted by molar-refractivity contribution is -0.138. The second-order valence-corrected chi connectivity index (χ2v) is 5.47. The molecule has 2 N–H and O–H groups in total. The predicted octanol–water partition coefficient (Wildman–Crippen LogP) is 0.588. The van der Waals surface area contributed by atoms with E-state index in [1.807, 2.05) is 4.90 Å². The van der Waals surface area contributed by atoms with Crippen molar-refractivity contribution in [3.05, 3.63) is 0 Å². The average Bonchev–Trinajstić information content (AvgIpc) is 2.32. The van der Waals surface area contributed by atoms with Crippen LogP contribution in [0.2, 0.25) is 0 Å². The molecule has 6 nitrogen and oxygen atoms in total. The Morgan fingerprint density at radius 3 is 2.37 bits per heavy atom. The fraction of sp³-hybridized carbons (Fsp3) is 0.846. The summed E-state index contributed by atoms with van der Waals surface area (Å²) in [6, 6.07) is -0.00528. The van der Waals surface area contributed by atoms with Crippen molar-refractivity contribution in [3.8, 4) is 0 Å². The molecule has 2 aliphatic rings. The number of carboxylic acid groups (broad SMARTS) is 1. The zero-order valence-electron chi connectivity index (χ0n) is 11.3. The number of aliphatic carboxylic acids is 1. The third-order valence-electron chi connectivity index (χ3n) is 4.07. The minimum atomic E-state index is -0.807. The minimum absolute atomic E-state index is 0.00528. The van der Waals surface area contributed by atoms with Gasteiger partial charge in [0.25, 0.3) is 0 Å². The minimum Gasteiger partial charge on any atom is -0.480 e. The third kappa shape index (κ3) is 4.38. The van der Waals surface area contributed by atoms with Gasteiger partial charge in [-0.1, -0.05) is 19.3 Å². The molecule has 0 radical (unpaired) electrons. The van der Waals surface area contributed by atoms with Crippen LogP contribution in [-0.2, 0) is 4.79 Å². The number of nitrogens with zero attached hydrogens (tertiary/aromatic N) is 2. The Labute approximate surface area is 113 Å². The van der Waals surface area contributed by atoms with Gasteiger partial charge in [0, 0.05) is 32.7 Å². The molecule has 1 heterocycles. The molecule has 1 saturated carbocycles. The van der Waals surface area contributed by atoms with Gasteiger partial charge in [-0.05, 0) is 12.3 Å². The van der Waals surface area contributed by atoms with Gasteiger partial charge in [0.15, 0.2) is 0 Å². The molecule has 1 saturated heterocycles. The fourth-order valence-corrected chi connectivity index (χ4v) is 2.58. The van der Waals surface area contributed by atoms with Gasteiger partial charge < -0.3 is 15.3 Å². The molecule has 0 bridgehead atoms. The van der Waals surface area contributed by atoms with E-state index >= 15 is 0 Å². The Morgan fingerprint density at radius 2 is 1.84 bits per heavy atom. The fourth-order valence-electron chi connectivity index (χ4n) is 2.58. The highest BCUT2D eigenvalue weighted by molar-refractivity contribution is 5.74. The van der Waals surface area contributed by atoms with E-state index in [-0.39, 0.29) is 12.6 Å². The molecule has 1 aliphatic heterocycles. The van der Waals surface area contributed by atoms with Gasteiger partial charge in [-0.2, -0.15) is 0 Å². The second-order valence-electron chi connectivity index (χ2n) is 5.47. The van der Waals surface area contributed by atoms with Crippen molar-refractivity contribution in [2.24, 2.45) is 5.92 Å². The van der Waals surface area contributed by atoms with Crippen molar-refractivity contribution in [3.63, 3.8) is 0 Å². The third-order valence-corrected chi connectivity index (χ3v) is 4.07. The summed E-state index contributed by atoms with van der Waals surface area (Å²) < 4.78 is 0. The first kappa shape index (κ1) is 14.1. The molecular weight excluding hydrogens is 246 g/mol. The van der Waals surface area contributed by atoms with Crippen LogP contribution in [-0.4, -0.2) is 66.2 Å². The van der Waals surface area contributed by atoms with Crippen LogP contribution < -0.4 is 5.32 Å². The largest absolute Gasteiger partial charge is 0.480 e. The van der Waals surface area contributed by atoms with E-state index in [9.17, 15) is 9.59 Å². The monoisotopic (exact) mass is 269 g/mol. The number of nitrogens with one attached hydrogen (secondary N) is 1. The van der Waals surface area contributed by atoms with E-state index in [1.165, 1.54) is 19.3 Å². The van der Waals surface area contributed by atoms with Crippen LogP contribution in [0, 0.1) is 5.92 Å². The van der Waals surface area contributed by atoms with Crippen LogP contribution in [0.4, 0.5) is 4.79 Å². The molecule has 2 amide bonds. The van der Waals surface area contributed by atoms with E-state index in [4.69, 9.17) is 5.11 Å². The lowest BCUT2D eigenvalue weighted by Gasteiger charge is -2.34. The molecule has 108 valence electrons. The number of rotatable bonds is 5. The molecule has 0 spiro atoms. The number of carboxylic acids is 1. The molecule has 0 aromatic heterocycles. The van der Waals surface area contributed by atoms with Gasteiger partial charge in [0.1, 0.15) is 0 Å². The van der Waals surface area contributed by atoms with Crippen molar-refractivity contribution in [2.75, 3.05) is 39.3 Å². The van der Waals surface area contributed by atoms with E-state index in [0.717, 1.165) is 18.9 Å². The zero-order chi connectivity index (χ0) is 13.7. The van der Waals surface area contributed by atoms with Gasteiger partial charge in [-0.15, -0.1) is 0 Å². The van der Waals surface area contributed by atoms with Gasteiger partial charge in [-0.25, -0.2) is 4.79 Å². The predicted molar refractivity (Wildman–Crippen MR) is 71.0 cm³/mol. The Bertz CT molecular complexity index is 323. The molecule has 0 aromatic rings. The number of hydrogen-bond donors (Lipinski definition) is 2. The molecule has 6 heteroatoms. The number of piperazine rings is 1. The number of carbonyl (C=O) groups excluding carboxylic acids is 1. The Balaban J connectivity index is 1.60. The second kappa shape index (κ2) is 6.75. The normalized spacial score (nSPS) is 20.9. The van der Waals surface area contributed by atoms with Crippen molar-refractivity contribution >= 4 is 12.0 Å². The molecule has 1 aliphatic carbocycles. The van der Waals surface area contributed by atoms with Crippen molar-refractivity contribution in [1.29, 1.82) is 0 Å². The summed E-state index contributed by atoms with van der Waals surface area (Å²) in [6.07, 6.45) is 5.04. The zero-order valence-corrected chi connectivity index (χ0v) is 11.3. The van der Waals surface area contributed by atoms with Gasteiger partial charge in [0.2, 0.25) is 0 Å². The van der Waals surface area contributed by atoms with Crippen LogP contribution >= 0.6 is 0 Å². The van der Waals surface area contributed by atoms with Gasteiger partial charge in [0.05, 0.1) is 6.54 Å². The van der Waals surface area contributed by atoms with Crippen LogP contribution in [0.15, 0.2) is 0 Å². The maximum atomic E-state index is 11.9. The first-order chi connectivity index (χ1) is 9.15. The molecular formula is C13H23N3O3. The molecule has 2 rings (SSSR count). The van der Waals surface area contributed by atoms with E-state index < -0.39 is 5.97 Å². The highest BCUT2D eigenvalue weighted by Gasteiger charge is 2.22. The van der Waals surface area contributed by atoms with Gasteiger partial charge >= 0.3 is 12.0 Å². The van der Waals surface area contributed by atoms with E-state index in [0.29, 0.717) is 26.2 Å². The first-order valence-corrected chi connectivity index (χ1v) is 7.12. The molecule has 2 fully saturated rings. The van der Waals surface area contributed by atoms with Crippen molar-refractivity contribution in [2.45, 2.75) is 25.7 Å². The molecule has 19 heavy (non-hydrogen) atoms. The summed E-state index contributed by atoms with van der Waals surface area (Å²) in [6.45, 7) is 3.34. The quantitative estimate of drug-likeness (QED) is 0.766. The Kier molecular flexibility index (Phi) is 5.01. The number of hydrogen-bond acceptors (Lipinski definition) is 3. The smallest absolute Gasteiger partial charge is 0.317 e. The van der Waals surface area contributed by atoms with Crippen molar-refractivity contribution < 1.29 is 14.7 Å².